The van der Waals surface area contributed by atoms with Crippen molar-refractivity contribution in [2.45, 2.75) is 60.0 Å². The number of hydrogen-bond acceptors (Lipinski definition) is 4. The maximum atomic E-state index is 12.4. The van der Waals surface area contributed by atoms with E-state index in [0.29, 0.717) is 23.6 Å². The molecule has 0 heterocycles. The molecule has 0 bridgehead atoms. The van der Waals surface area contributed by atoms with Gasteiger partial charge in [0.05, 0.1) is 0 Å². The number of benzene rings is 1. The average Bonchev–Trinajstić information content (AvgIpc) is 2.49. The first-order valence-electron chi connectivity index (χ1n) is 8.42. The fourth-order valence-corrected chi connectivity index (χ4v) is 2.64. The van der Waals surface area contributed by atoms with E-state index < -0.39 is 0 Å². The van der Waals surface area contributed by atoms with Crippen molar-refractivity contribution in [1.82, 2.24) is 5.32 Å². The van der Waals surface area contributed by atoms with Crippen LogP contribution in [0.3, 0.4) is 0 Å². The van der Waals surface area contributed by atoms with Crippen molar-refractivity contribution in [3.8, 4) is 0 Å². The van der Waals surface area contributed by atoms with Crippen LogP contribution in [0.2, 0.25) is 0 Å². The zero-order valence-electron chi connectivity index (χ0n) is 15.0. The van der Waals surface area contributed by atoms with Gasteiger partial charge in [-0.05, 0) is 31.0 Å². The molecule has 1 rings (SSSR count). The normalized spacial score (nSPS) is 11.3. The Bertz CT molecular complexity index is 563. The summed E-state index contributed by atoms with van der Waals surface area (Å²) >= 11 is 0. The van der Waals surface area contributed by atoms with E-state index in [0.717, 1.165) is 24.1 Å². The third-order valence-electron chi connectivity index (χ3n) is 4.03. The third kappa shape index (κ3) is 5.26. The zero-order valence-corrected chi connectivity index (χ0v) is 15.0. The minimum absolute atomic E-state index is 0.0775. The molecule has 0 fully saturated rings. The van der Waals surface area contributed by atoms with Gasteiger partial charge in [0.1, 0.15) is 0 Å². The number of nitrogens with two attached hydrogens (primary N) is 1. The minimum atomic E-state index is -0.0802. The van der Waals surface area contributed by atoms with Crippen LogP contribution >= 0.6 is 0 Å². The van der Waals surface area contributed by atoms with E-state index in [1.165, 1.54) is 0 Å². The second-order valence-electron chi connectivity index (χ2n) is 6.62. The van der Waals surface area contributed by atoms with E-state index in [1.807, 2.05) is 20.8 Å². The molecule has 0 radical (unpaired) electrons. The summed E-state index contributed by atoms with van der Waals surface area (Å²) in [6.07, 6.45) is 1.31. The lowest BCUT2D eigenvalue weighted by molar-refractivity contribution is 0.0935. The van der Waals surface area contributed by atoms with Gasteiger partial charge >= 0.3 is 0 Å². The van der Waals surface area contributed by atoms with Gasteiger partial charge in [-0.2, -0.15) is 0 Å². The molecule has 3 N–H and O–H groups in total. The predicted octanol–water partition coefficient (Wildman–Crippen LogP) is 3.25. The van der Waals surface area contributed by atoms with Crippen molar-refractivity contribution in [3.63, 3.8) is 0 Å². The maximum absolute atomic E-state index is 12.4. The predicted molar refractivity (Wildman–Crippen MR) is 94.9 cm³/mol. The molecule has 1 aromatic carbocycles. The monoisotopic (exact) mass is 318 g/mol. The molecule has 1 aromatic rings. The van der Waals surface area contributed by atoms with Crippen molar-refractivity contribution in [2.24, 2.45) is 11.7 Å². The number of hydrogen-bond donors (Lipinski definition) is 2. The van der Waals surface area contributed by atoms with Crippen LogP contribution < -0.4 is 11.1 Å². The van der Waals surface area contributed by atoms with Gasteiger partial charge in [0, 0.05) is 36.1 Å². The van der Waals surface area contributed by atoms with Crippen LogP contribution in [0.1, 0.15) is 72.4 Å². The topological polar surface area (TPSA) is 72.2 Å². The molecule has 0 spiro atoms. The second-order valence-corrected chi connectivity index (χ2v) is 6.62. The Hall–Kier alpha value is -1.52. The smallest absolute Gasteiger partial charge is 0.165 e. The average molecular weight is 318 g/mol. The largest absolute Gasteiger partial charge is 0.326 e. The first-order chi connectivity index (χ1) is 10.8. The highest BCUT2D eigenvalue weighted by Gasteiger charge is 2.19. The van der Waals surface area contributed by atoms with E-state index in [1.54, 1.807) is 12.1 Å². The maximum Gasteiger partial charge on any atom is 0.165 e. The molecule has 0 amide bonds. The van der Waals surface area contributed by atoms with Crippen molar-refractivity contribution in [2.75, 3.05) is 6.54 Å². The number of rotatable bonds is 9. The van der Waals surface area contributed by atoms with E-state index in [2.05, 4.69) is 19.2 Å². The number of ketones is 2. The Morgan fingerprint density at radius 1 is 1.13 bits per heavy atom. The first kappa shape index (κ1) is 19.5. The summed E-state index contributed by atoms with van der Waals surface area (Å²) in [5.41, 5.74) is 8.83. The first-order valence-corrected chi connectivity index (χ1v) is 8.42. The minimum Gasteiger partial charge on any atom is -0.326 e. The van der Waals surface area contributed by atoms with Crippen molar-refractivity contribution >= 4 is 11.6 Å². The molecule has 0 atom stereocenters. The SMILES string of the molecule is Cc1c(C(=O)CCCNC(C)C)ccc(C(=O)C(C)C)c1CN. The fourth-order valence-electron chi connectivity index (χ4n) is 2.64. The number of nitrogens with one attached hydrogen (secondary N) is 1. The summed E-state index contributed by atoms with van der Waals surface area (Å²) in [6.45, 7) is 10.9. The lowest BCUT2D eigenvalue weighted by Crippen LogP contribution is -2.24. The Morgan fingerprint density at radius 2 is 1.74 bits per heavy atom. The van der Waals surface area contributed by atoms with Crippen molar-refractivity contribution in [3.05, 3.63) is 34.4 Å². The highest BCUT2D eigenvalue weighted by atomic mass is 16.1. The molecule has 0 aromatic heterocycles. The Balaban J connectivity index is 2.92. The third-order valence-corrected chi connectivity index (χ3v) is 4.03. The highest BCUT2D eigenvalue weighted by Crippen LogP contribution is 2.22. The van der Waals surface area contributed by atoms with Gasteiger partial charge in [-0.15, -0.1) is 0 Å². The lowest BCUT2D eigenvalue weighted by atomic mass is 9.89. The molecular formula is C19H30N2O2. The van der Waals surface area contributed by atoms with Crippen LogP contribution in [-0.4, -0.2) is 24.2 Å². The summed E-state index contributed by atoms with van der Waals surface area (Å²) in [7, 11) is 0. The van der Waals surface area contributed by atoms with E-state index in [9.17, 15) is 9.59 Å². The summed E-state index contributed by atoms with van der Waals surface area (Å²) < 4.78 is 0. The van der Waals surface area contributed by atoms with Gasteiger partial charge in [0.2, 0.25) is 0 Å². The summed E-state index contributed by atoms with van der Waals surface area (Å²) in [5.74, 6) is 0.114. The summed E-state index contributed by atoms with van der Waals surface area (Å²) in [6, 6.07) is 3.97. The molecule has 0 aliphatic rings. The Kier molecular flexibility index (Phi) is 7.59. The lowest BCUT2D eigenvalue weighted by Gasteiger charge is -2.15. The van der Waals surface area contributed by atoms with Crippen molar-refractivity contribution in [1.29, 1.82) is 0 Å². The molecular weight excluding hydrogens is 288 g/mol. The van der Waals surface area contributed by atoms with Gasteiger partial charge in [-0.1, -0.05) is 39.8 Å². The van der Waals surface area contributed by atoms with Crippen LogP contribution in [0.5, 0.6) is 0 Å². The molecule has 4 nitrogen and oxygen atoms in total. The summed E-state index contributed by atoms with van der Waals surface area (Å²) in [5, 5.41) is 3.31. The molecule has 4 heteroatoms. The van der Waals surface area contributed by atoms with Crippen LogP contribution in [-0.2, 0) is 6.54 Å². The highest BCUT2D eigenvalue weighted by molar-refractivity contribution is 6.02. The van der Waals surface area contributed by atoms with Crippen LogP contribution in [0.4, 0.5) is 0 Å². The van der Waals surface area contributed by atoms with Gasteiger partial charge < -0.3 is 11.1 Å². The quantitative estimate of drug-likeness (QED) is 0.541. The van der Waals surface area contributed by atoms with E-state index in [4.69, 9.17) is 5.73 Å². The Labute approximate surface area is 139 Å². The summed E-state index contributed by atoms with van der Waals surface area (Å²) in [4.78, 5) is 24.7. The van der Waals surface area contributed by atoms with Gasteiger partial charge in [0.25, 0.3) is 0 Å². The molecule has 0 saturated heterocycles. The molecule has 128 valence electrons. The van der Waals surface area contributed by atoms with Crippen molar-refractivity contribution < 1.29 is 9.59 Å². The van der Waals surface area contributed by atoms with Gasteiger partial charge in [-0.25, -0.2) is 0 Å². The van der Waals surface area contributed by atoms with Crippen LogP contribution in [0.25, 0.3) is 0 Å². The zero-order chi connectivity index (χ0) is 17.6. The molecule has 0 aliphatic heterocycles. The van der Waals surface area contributed by atoms with Crippen LogP contribution in [0.15, 0.2) is 12.1 Å². The molecule has 0 aliphatic carbocycles. The molecule has 0 unspecified atom stereocenters. The Morgan fingerprint density at radius 3 is 2.26 bits per heavy atom. The molecule has 23 heavy (non-hydrogen) atoms. The van der Waals surface area contributed by atoms with E-state index >= 15 is 0 Å². The molecule has 0 saturated carbocycles. The standard InChI is InChI=1S/C19H30N2O2/c1-12(2)19(23)16-9-8-15(14(5)17(16)11-20)18(22)7-6-10-21-13(3)4/h8-9,12-13,21H,6-7,10-11,20H2,1-5H3. The fraction of sp³-hybridized carbons (Fsp3) is 0.579. The van der Waals surface area contributed by atoms with Crippen LogP contribution in [0, 0.1) is 12.8 Å². The van der Waals surface area contributed by atoms with Gasteiger partial charge in [-0.3, -0.25) is 9.59 Å². The number of Topliss-reactive ketones (excluding diaryl/α,β-unsaturated/α-hetero) is 2. The number of carbonyl (C=O) groups is 2. The number of carbonyl (C=O) groups excluding carboxylic acids is 2. The second kappa shape index (κ2) is 8.94. The van der Waals surface area contributed by atoms with Gasteiger partial charge in [0.15, 0.2) is 11.6 Å². The van der Waals surface area contributed by atoms with E-state index in [-0.39, 0.29) is 24.0 Å².